The molecule has 5 heteroatoms. The second-order valence-electron chi connectivity index (χ2n) is 4.83. The SMILES string of the molecule is C#CCSc1nc2sc(C)c(C)c2c(=O)n1-c1ccccc1. The summed E-state index contributed by atoms with van der Waals surface area (Å²) in [4.78, 5) is 19.6. The molecule has 0 aliphatic carbocycles. The van der Waals surface area contributed by atoms with E-state index < -0.39 is 0 Å². The van der Waals surface area contributed by atoms with E-state index in [1.54, 1.807) is 15.9 Å². The number of para-hydroxylation sites is 1. The van der Waals surface area contributed by atoms with Crippen molar-refractivity contribution in [2.24, 2.45) is 0 Å². The van der Waals surface area contributed by atoms with Gasteiger partial charge in [-0.05, 0) is 31.5 Å². The van der Waals surface area contributed by atoms with Gasteiger partial charge in [0.25, 0.3) is 5.56 Å². The van der Waals surface area contributed by atoms with Crippen LogP contribution >= 0.6 is 23.1 Å². The number of rotatable bonds is 3. The molecule has 0 atom stereocenters. The van der Waals surface area contributed by atoms with Crippen LogP contribution in [0, 0.1) is 26.2 Å². The van der Waals surface area contributed by atoms with Gasteiger partial charge < -0.3 is 0 Å². The largest absolute Gasteiger partial charge is 0.268 e. The highest BCUT2D eigenvalue weighted by Gasteiger charge is 2.17. The zero-order valence-corrected chi connectivity index (χ0v) is 13.9. The predicted octanol–water partition coefficient (Wildman–Crippen LogP) is 3.79. The molecule has 1 aromatic carbocycles. The van der Waals surface area contributed by atoms with E-state index in [9.17, 15) is 4.79 Å². The fourth-order valence-corrected chi connectivity index (χ4v) is 4.05. The van der Waals surface area contributed by atoms with Crippen molar-refractivity contribution < 1.29 is 0 Å². The molecule has 0 radical (unpaired) electrons. The fraction of sp³-hybridized carbons (Fsp3) is 0.176. The summed E-state index contributed by atoms with van der Waals surface area (Å²) in [5.41, 5.74) is 1.79. The van der Waals surface area contributed by atoms with Crippen LogP contribution in [-0.2, 0) is 0 Å². The quantitative estimate of drug-likeness (QED) is 0.417. The Kier molecular flexibility index (Phi) is 4.06. The standard InChI is InChI=1S/C17H14N2OS2/c1-4-10-21-17-18-15-14(11(2)12(3)22-15)16(20)19(17)13-8-6-5-7-9-13/h1,5-9H,10H2,2-3H3. The van der Waals surface area contributed by atoms with Crippen LogP contribution in [-0.4, -0.2) is 15.3 Å². The van der Waals surface area contributed by atoms with E-state index in [0.29, 0.717) is 16.3 Å². The van der Waals surface area contributed by atoms with Crippen LogP contribution in [0.4, 0.5) is 0 Å². The highest BCUT2D eigenvalue weighted by atomic mass is 32.2. The Bertz CT molecular complexity index is 933. The number of thiophene rings is 1. The van der Waals surface area contributed by atoms with E-state index in [1.165, 1.54) is 11.8 Å². The molecule has 0 aliphatic heterocycles. The van der Waals surface area contributed by atoms with Gasteiger partial charge in [0.2, 0.25) is 0 Å². The van der Waals surface area contributed by atoms with Crippen LogP contribution < -0.4 is 5.56 Å². The third-order valence-electron chi connectivity index (χ3n) is 3.47. The third kappa shape index (κ3) is 2.45. The van der Waals surface area contributed by atoms with Gasteiger partial charge in [0, 0.05) is 4.88 Å². The number of fused-ring (bicyclic) bond motifs is 1. The average molecular weight is 326 g/mol. The average Bonchev–Trinajstić information content (AvgIpc) is 2.81. The molecule has 0 unspecified atom stereocenters. The summed E-state index contributed by atoms with van der Waals surface area (Å²) in [7, 11) is 0. The minimum absolute atomic E-state index is 0.0300. The van der Waals surface area contributed by atoms with Crippen LogP contribution in [0.5, 0.6) is 0 Å². The zero-order chi connectivity index (χ0) is 15.7. The number of aryl methyl sites for hydroxylation is 2. The Morgan fingerprint density at radius 1 is 1.32 bits per heavy atom. The lowest BCUT2D eigenvalue weighted by Gasteiger charge is -2.11. The molecule has 0 N–H and O–H groups in total. The summed E-state index contributed by atoms with van der Waals surface area (Å²) < 4.78 is 1.66. The molecule has 0 amide bonds. The molecule has 22 heavy (non-hydrogen) atoms. The van der Waals surface area contributed by atoms with Gasteiger partial charge in [-0.2, -0.15) is 0 Å². The molecule has 3 aromatic rings. The first kappa shape index (κ1) is 14.9. The highest BCUT2D eigenvalue weighted by Crippen LogP contribution is 2.29. The van der Waals surface area contributed by atoms with Gasteiger partial charge in [0.15, 0.2) is 5.16 Å². The first-order chi connectivity index (χ1) is 10.6. The first-order valence-corrected chi connectivity index (χ1v) is 8.58. The maximum absolute atomic E-state index is 13.0. The van der Waals surface area contributed by atoms with E-state index >= 15 is 0 Å². The van der Waals surface area contributed by atoms with E-state index in [-0.39, 0.29) is 5.56 Å². The van der Waals surface area contributed by atoms with Gasteiger partial charge in [0.05, 0.1) is 16.8 Å². The summed E-state index contributed by atoms with van der Waals surface area (Å²) >= 11 is 2.96. The van der Waals surface area contributed by atoms with Gasteiger partial charge in [-0.3, -0.25) is 9.36 Å². The number of nitrogens with zero attached hydrogens (tertiary/aromatic N) is 2. The summed E-state index contributed by atoms with van der Waals surface area (Å²) in [5.74, 6) is 3.07. The van der Waals surface area contributed by atoms with Crippen molar-refractivity contribution >= 4 is 33.3 Å². The maximum Gasteiger partial charge on any atom is 0.267 e. The molecule has 0 fully saturated rings. The summed E-state index contributed by atoms with van der Waals surface area (Å²) in [6.07, 6.45) is 5.36. The Hall–Kier alpha value is -2.03. The molecular weight excluding hydrogens is 312 g/mol. The highest BCUT2D eigenvalue weighted by molar-refractivity contribution is 7.99. The molecule has 0 bridgehead atoms. The number of hydrogen-bond donors (Lipinski definition) is 0. The summed E-state index contributed by atoms with van der Waals surface area (Å²) in [5, 5.41) is 1.35. The van der Waals surface area contributed by atoms with Crippen LogP contribution in [0.1, 0.15) is 10.4 Å². The Labute approximate surface area is 137 Å². The first-order valence-electron chi connectivity index (χ1n) is 6.78. The molecule has 0 saturated heterocycles. The van der Waals surface area contributed by atoms with Crippen LogP contribution in [0.15, 0.2) is 40.3 Å². The zero-order valence-electron chi connectivity index (χ0n) is 12.3. The molecule has 0 saturated carbocycles. The van der Waals surface area contributed by atoms with Crippen LogP contribution in [0.2, 0.25) is 0 Å². The number of thioether (sulfide) groups is 1. The van der Waals surface area contributed by atoms with Crippen molar-refractivity contribution in [1.29, 1.82) is 0 Å². The number of hydrogen-bond acceptors (Lipinski definition) is 4. The Morgan fingerprint density at radius 3 is 2.73 bits per heavy atom. The molecule has 2 aromatic heterocycles. The minimum Gasteiger partial charge on any atom is -0.268 e. The second-order valence-corrected chi connectivity index (χ2v) is 6.97. The molecule has 3 nitrogen and oxygen atoms in total. The van der Waals surface area contributed by atoms with Gasteiger partial charge in [-0.1, -0.05) is 35.9 Å². The van der Waals surface area contributed by atoms with Crippen molar-refractivity contribution in [2.45, 2.75) is 19.0 Å². The van der Waals surface area contributed by atoms with E-state index in [1.807, 2.05) is 44.2 Å². The summed E-state index contributed by atoms with van der Waals surface area (Å²) in [6, 6.07) is 9.56. The Balaban J connectivity index is 2.36. The molecule has 3 rings (SSSR count). The molecular formula is C17H14N2OS2. The van der Waals surface area contributed by atoms with Crippen molar-refractivity contribution in [3.05, 3.63) is 51.1 Å². The van der Waals surface area contributed by atoms with Gasteiger partial charge in [-0.25, -0.2) is 4.98 Å². The molecule has 0 spiro atoms. The number of aromatic nitrogens is 2. The van der Waals surface area contributed by atoms with Gasteiger partial charge in [-0.15, -0.1) is 17.8 Å². The van der Waals surface area contributed by atoms with Crippen LogP contribution in [0.25, 0.3) is 15.9 Å². The van der Waals surface area contributed by atoms with E-state index in [0.717, 1.165) is 21.0 Å². The number of terminal acetylenes is 1. The topological polar surface area (TPSA) is 34.9 Å². The third-order valence-corrected chi connectivity index (χ3v) is 5.42. The Morgan fingerprint density at radius 2 is 2.05 bits per heavy atom. The fourth-order valence-electron chi connectivity index (χ4n) is 2.28. The monoisotopic (exact) mass is 326 g/mol. The van der Waals surface area contributed by atoms with Crippen molar-refractivity contribution in [3.8, 4) is 18.0 Å². The lowest BCUT2D eigenvalue weighted by Crippen LogP contribution is -2.21. The molecule has 110 valence electrons. The van der Waals surface area contributed by atoms with Crippen LogP contribution in [0.3, 0.4) is 0 Å². The second kappa shape index (κ2) is 5.99. The maximum atomic E-state index is 13.0. The van der Waals surface area contributed by atoms with E-state index in [4.69, 9.17) is 6.42 Å². The molecule has 0 aliphatic rings. The molecule has 2 heterocycles. The smallest absolute Gasteiger partial charge is 0.267 e. The van der Waals surface area contributed by atoms with Crippen molar-refractivity contribution in [2.75, 3.05) is 5.75 Å². The lowest BCUT2D eigenvalue weighted by molar-refractivity contribution is 0.823. The minimum atomic E-state index is -0.0300. The lowest BCUT2D eigenvalue weighted by atomic mass is 10.2. The van der Waals surface area contributed by atoms with Crippen molar-refractivity contribution in [3.63, 3.8) is 0 Å². The van der Waals surface area contributed by atoms with E-state index in [2.05, 4.69) is 10.9 Å². The normalized spacial score (nSPS) is 10.8. The number of benzene rings is 1. The predicted molar refractivity (Wildman–Crippen MR) is 94.2 cm³/mol. The van der Waals surface area contributed by atoms with Crippen molar-refractivity contribution in [1.82, 2.24) is 9.55 Å². The van der Waals surface area contributed by atoms with Gasteiger partial charge >= 0.3 is 0 Å². The van der Waals surface area contributed by atoms with Gasteiger partial charge in [0.1, 0.15) is 4.83 Å². The summed E-state index contributed by atoms with van der Waals surface area (Å²) in [6.45, 7) is 3.99.